The standard InChI is InChI=1S/C11H14BrNOS/c1-15-11-3-2-8(12)6-9(11)10-7-13-4-5-14-10/h2-3,6,10,13H,4-5,7H2,1H3. The molecule has 4 heteroatoms. The Kier molecular flexibility index (Phi) is 4.08. The van der Waals surface area contributed by atoms with Gasteiger partial charge in [-0.3, -0.25) is 0 Å². The maximum Gasteiger partial charge on any atom is 0.0961 e. The molecule has 0 aliphatic carbocycles. The fraction of sp³-hybridized carbons (Fsp3) is 0.455. The van der Waals surface area contributed by atoms with E-state index >= 15 is 0 Å². The number of benzene rings is 1. The van der Waals surface area contributed by atoms with E-state index in [4.69, 9.17) is 4.74 Å². The van der Waals surface area contributed by atoms with E-state index in [0.717, 1.165) is 24.2 Å². The predicted octanol–water partition coefficient (Wildman–Crippen LogP) is 2.83. The van der Waals surface area contributed by atoms with E-state index in [1.54, 1.807) is 11.8 Å². The number of hydrogen-bond donors (Lipinski definition) is 1. The van der Waals surface area contributed by atoms with Crippen LogP contribution in [0.1, 0.15) is 11.7 Å². The van der Waals surface area contributed by atoms with Crippen LogP contribution in [-0.2, 0) is 4.74 Å². The Bertz CT molecular complexity index is 339. The molecule has 1 atom stereocenters. The summed E-state index contributed by atoms with van der Waals surface area (Å²) in [6.07, 6.45) is 2.29. The van der Waals surface area contributed by atoms with Crippen molar-refractivity contribution in [3.8, 4) is 0 Å². The molecule has 0 radical (unpaired) electrons. The van der Waals surface area contributed by atoms with Gasteiger partial charge >= 0.3 is 0 Å². The van der Waals surface area contributed by atoms with Gasteiger partial charge in [-0.25, -0.2) is 0 Å². The van der Waals surface area contributed by atoms with Gasteiger partial charge in [0.1, 0.15) is 0 Å². The lowest BCUT2D eigenvalue weighted by Crippen LogP contribution is -2.33. The molecule has 1 aromatic carbocycles. The Hall–Kier alpha value is -0.0300. The second-order valence-electron chi connectivity index (χ2n) is 3.45. The van der Waals surface area contributed by atoms with E-state index in [9.17, 15) is 0 Å². The molecule has 0 saturated carbocycles. The Morgan fingerprint density at radius 3 is 3.07 bits per heavy atom. The molecule has 1 heterocycles. The molecule has 15 heavy (non-hydrogen) atoms. The molecule has 1 aliphatic rings. The number of hydrogen-bond acceptors (Lipinski definition) is 3. The van der Waals surface area contributed by atoms with Gasteiger partial charge in [-0.1, -0.05) is 15.9 Å². The maximum atomic E-state index is 5.76. The van der Waals surface area contributed by atoms with Crippen molar-refractivity contribution in [2.45, 2.75) is 11.0 Å². The van der Waals surface area contributed by atoms with Crippen LogP contribution in [0.15, 0.2) is 27.6 Å². The first kappa shape index (κ1) is 11.5. The summed E-state index contributed by atoms with van der Waals surface area (Å²) in [5.74, 6) is 0. The predicted molar refractivity (Wildman–Crippen MR) is 67.5 cm³/mol. The molecule has 1 aromatic rings. The minimum Gasteiger partial charge on any atom is -0.371 e. The van der Waals surface area contributed by atoms with Crippen molar-refractivity contribution >= 4 is 27.7 Å². The molecule has 82 valence electrons. The van der Waals surface area contributed by atoms with E-state index < -0.39 is 0 Å². The molecule has 1 N–H and O–H groups in total. The van der Waals surface area contributed by atoms with Crippen molar-refractivity contribution in [2.24, 2.45) is 0 Å². The molecule has 0 bridgehead atoms. The van der Waals surface area contributed by atoms with Crippen LogP contribution >= 0.6 is 27.7 Å². The Morgan fingerprint density at radius 2 is 2.40 bits per heavy atom. The number of thioether (sulfide) groups is 1. The van der Waals surface area contributed by atoms with E-state index in [1.807, 2.05) is 0 Å². The van der Waals surface area contributed by atoms with Crippen molar-refractivity contribution in [3.63, 3.8) is 0 Å². The zero-order chi connectivity index (χ0) is 10.7. The molecular weight excluding hydrogens is 274 g/mol. The van der Waals surface area contributed by atoms with Crippen LogP contribution in [0.3, 0.4) is 0 Å². The first-order chi connectivity index (χ1) is 7.31. The highest BCUT2D eigenvalue weighted by molar-refractivity contribution is 9.10. The summed E-state index contributed by atoms with van der Waals surface area (Å²) in [6, 6.07) is 6.37. The highest BCUT2D eigenvalue weighted by Crippen LogP contribution is 2.31. The highest BCUT2D eigenvalue weighted by Gasteiger charge is 2.18. The number of ether oxygens (including phenoxy) is 1. The van der Waals surface area contributed by atoms with E-state index in [1.165, 1.54) is 10.5 Å². The molecule has 0 aromatic heterocycles. The number of nitrogens with one attached hydrogen (secondary N) is 1. The van der Waals surface area contributed by atoms with Gasteiger partial charge in [0.05, 0.1) is 12.7 Å². The summed E-state index contributed by atoms with van der Waals surface area (Å²) in [7, 11) is 0. The monoisotopic (exact) mass is 287 g/mol. The van der Waals surface area contributed by atoms with Crippen LogP contribution in [0.5, 0.6) is 0 Å². The normalized spacial score (nSPS) is 21.6. The lowest BCUT2D eigenvalue weighted by Gasteiger charge is -2.25. The zero-order valence-corrected chi connectivity index (χ0v) is 11.0. The van der Waals surface area contributed by atoms with Crippen molar-refractivity contribution in [2.75, 3.05) is 26.0 Å². The van der Waals surface area contributed by atoms with Crippen LogP contribution in [0, 0.1) is 0 Å². The molecule has 1 saturated heterocycles. The third-order valence-electron chi connectivity index (χ3n) is 2.47. The lowest BCUT2D eigenvalue weighted by molar-refractivity contribution is 0.0261. The maximum absolute atomic E-state index is 5.76. The van der Waals surface area contributed by atoms with Crippen molar-refractivity contribution in [1.82, 2.24) is 5.32 Å². The molecule has 1 aliphatic heterocycles. The molecule has 1 unspecified atom stereocenters. The SMILES string of the molecule is CSc1ccc(Br)cc1C1CNCCO1. The smallest absolute Gasteiger partial charge is 0.0961 e. The molecule has 1 fully saturated rings. The third kappa shape index (κ3) is 2.75. The van der Waals surface area contributed by atoms with Crippen LogP contribution in [0.25, 0.3) is 0 Å². The molecular formula is C11H14BrNOS. The van der Waals surface area contributed by atoms with Gasteiger partial charge in [-0.05, 0) is 30.0 Å². The van der Waals surface area contributed by atoms with E-state index in [-0.39, 0.29) is 6.10 Å². The summed E-state index contributed by atoms with van der Waals surface area (Å²) < 4.78 is 6.88. The third-order valence-corrected chi connectivity index (χ3v) is 3.77. The molecule has 0 spiro atoms. The Balaban J connectivity index is 2.27. The van der Waals surface area contributed by atoms with Crippen LogP contribution in [0.4, 0.5) is 0 Å². The number of rotatable bonds is 2. The van der Waals surface area contributed by atoms with Crippen molar-refractivity contribution in [3.05, 3.63) is 28.2 Å². The van der Waals surface area contributed by atoms with Gasteiger partial charge in [0.15, 0.2) is 0 Å². The van der Waals surface area contributed by atoms with Gasteiger partial charge in [0.2, 0.25) is 0 Å². The average molecular weight is 288 g/mol. The first-order valence-electron chi connectivity index (χ1n) is 4.97. The van der Waals surface area contributed by atoms with E-state index in [2.05, 4.69) is 45.7 Å². The largest absolute Gasteiger partial charge is 0.371 e. The first-order valence-corrected chi connectivity index (χ1v) is 6.99. The highest BCUT2D eigenvalue weighted by atomic mass is 79.9. The van der Waals surface area contributed by atoms with Gasteiger partial charge in [0, 0.05) is 22.5 Å². The quantitative estimate of drug-likeness (QED) is 0.846. The van der Waals surface area contributed by atoms with Gasteiger partial charge in [-0.2, -0.15) is 0 Å². The molecule has 2 rings (SSSR count). The van der Waals surface area contributed by atoms with Crippen LogP contribution in [0.2, 0.25) is 0 Å². The van der Waals surface area contributed by atoms with Crippen LogP contribution in [-0.4, -0.2) is 26.0 Å². The minimum atomic E-state index is 0.193. The van der Waals surface area contributed by atoms with Crippen molar-refractivity contribution < 1.29 is 4.74 Å². The fourth-order valence-electron chi connectivity index (χ4n) is 1.72. The summed E-state index contributed by atoms with van der Waals surface area (Å²) in [5.41, 5.74) is 1.28. The summed E-state index contributed by atoms with van der Waals surface area (Å²) in [6.45, 7) is 2.66. The van der Waals surface area contributed by atoms with Gasteiger partial charge < -0.3 is 10.1 Å². The lowest BCUT2D eigenvalue weighted by atomic mass is 10.1. The number of morpholine rings is 1. The van der Waals surface area contributed by atoms with E-state index in [0.29, 0.717) is 0 Å². The average Bonchev–Trinajstić information content (AvgIpc) is 2.30. The Labute approximate surface area is 103 Å². The fourth-order valence-corrected chi connectivity index (χ4v) is 2.73. The van der Waals surface area contributed by atoms with Gasteiger partial charge in [-0.15, -0.1) is 11.8 Å². The van der Waals surface area contributed by atoms with Crippen LogP contribution < -0.4 is 5.32 Å². The van der Waals surface area contributed by atoms with Gasteiger partial charge in [0.25, 0.3) is 0 Å². The summed E-state index contributed by atoms with van der Waals surface area (Å²) >= 11 is 5.28. The topological polar surface area (TPSA) is 21.3 Å². The zero-order valence-electron chi connectivity index (χ0n) is 8.63. The minimum absolute atomic E-state index is 0.193. The second kappa shape index (κ2) is 5.34. The summed E-state index contributed by atoms with van der Waals surface area (Å²) in [4.78, 5) is 1.30. The molecule has 0 amide bonds. The van der Waals surface area contributed by atoms with Crippen molar-refractivity contribution in [1.29, 1.82) is 0 Å². The Morgan fingerprint density at radius 1 is 1.53 bits per heavy atom. The second-order valence-corrected chi connectivity index (χ2v) is 5.21. The number of halogens is 1. The summed E-state index contributed by atoms with van der Waals surface area (Å²) in [5, 5.41) is 3.35. The molecule has 2 nitrogen and oxygen atoms in total.